The summed E-state index contributed by atoms with van der Waals surface area (Å²) < 4.78 is 12.6. The number of nitrogens with one attached hydrogen (secondary N) is 2. The van der Waals surface area contributed by atoms with Crippen molar-refractivity contribution < 1.29 is 76.0 Å². The molecule has 0 aliphatic heterocycles. The van der Waals surface area contributed by atoms with Gasteiger partial charge in [-0.3, -0.25) is 0 Å². The first kappa shape index (κ1) is 38.5. The molecule has 10 heteroatoms. The van der Waals surface area contributed by atoms with Crippen LogP contribution in [0.5, 0.6) is 0 Å². The fourth-order valence-corrected chi connectivity index (χ4v) is 4.04. The highest BCUT2D eigenvalue weighted by Crippen LogP contribution is 2.06. The van der Waals surface area contributed by atoms with Crippen molar-refractivity contribution in [1.29, 1.82) is 0 Å². The van der Waals surface area contributed by atoms with Gasteiger partial charge in [-0.15, -0.1) is 0 Å². The lowest BCUT2D eigenvalue weighted by Crippen LogP contribution is -3.00. The molecule has 2 amide bonds. The van der Waals surface area contributed by atoms with Crippen LogP contribution in [0.1, 0.15) is 67.2 Å². The number of quaternary nitrogens is 2. The van der Waals surface area contributed by atoms with Gasteiger partial charge in [0.25, 0.3) is 0 Å². The van der Waals surface area contributed by atoms with Crippen molar-refractivity contribution in [3.63, 3.8) is 0 Å². The highest BCUT2D eigenvalue weighted by atomic mass is 127. The van der Waals surface area contributed by atoms with E-state index in [9.17, 15) is 9.59 Å². The van der Waals surface area contributed by atoms with E-state index < -0.39 is 0 Å². The van der Waals surface area contributed by atoms with Crippen LogP contribution in [0.15, 0.2) is 0 Å². The Kier molecular flexibility index (Phi) is 26.4. The number of alkyl carbamates (subject to hydrolysis) is 2. The van der Waals surface area contributed by atoms with E-state index in [-0.39, 0.29) is 60.1 Å². The first-order chi connectivity index (χ1) is 15.4. The maximum atomic E-state index is 11.8. The second-order valence-corrected chi connectivity index (χ2v) is 8.57. The smallest absolute Gasteiger partial charge is 0.407 e. The quantitative estimate of drug-likeness (QED) is 0.0903. The Morgan fingerprint density at radius 1 is 0.559 bits per heavy atom. The van der Waals surface area contributed by atoms with Crippen LogP contribution in [0.25, 0.3) is 0 Å². The summed E-state index contributed by atoms with van der Waals surface area (Å²) in [5.74, 6) is 0. The second kappa shape index (κ2) is 23.3. The van der Waals surface area contributed by atoms with Gasteiger partial charge >= 0.3 is 12.2 Å². The Morgan fingerprint density at radius 2 is 0.853 bits per heavy atom. The van der Waals surface area contributed by atoms with Crippen LogP contribution in [0.4, 0.5) is 9.59 Å². The lowest BCUT2D eigenvalue weighted by Gasteiger charge is -2.35. The zero-order valence-electron chi connectivity index (χ0n) is 22.6. The summed E-state index contributed by atoms with van der Waals surface area (Å²) in [6.45, 7) is 23.3. The van der Waals surface area contributed by atoms with E-state index in [0.717, 1.165) is 87.0 Å². The number of carbonyl (C=O) groups is 2. The molecule has 206 valence electrons. The number of nitrogens with zero attached hydrogens (tertiary/aromatic N) is 2. The van der Waals surface area contributed by atoms with Gasteiger partial charge in [-0.1, -0.05) is 12.8 Å². The van der Waals surface area contributed by atoms with Gasteiger partial charge in [0.05, 0.1) is 39.3 Å². The summed E-state index contributed by atoms with van der Waals surface area (Å²) in [6.07, 6.45) is 3.16. The van der Waals surface area contributed by atoms with Gasteiger partial charge in [0, 0.05) is 13.1 Å². The van der Waals surface area contributed by atoms with Gasteiger partial charge in [0.2, 0.25) is 0 Å². The summed E-state index contributed by atoms with van der Waals surface area (Å²) in [4.78, 5) is 23.6. The zero-order valence-corrected chi connectivity index (χ0v) is 26.9. The van der Waals surface area contributed by atoms with E-state index >= 15 is 0 Å². The molecule has 0 bridgehead atoms. The summed E-state index contributed by atoms with van der Waals surface area (Å²) in [6, 6.07) is 0. The van der Waals surface area contributed by atoms with Gasteiger partial charge in [-0.25, -0.2) is 9.59 Å². The number of hydrogen-bond acceptors (Lipinski definition) is 4. The largest absolute Gasteiger partial charge is 1.00 e. The summed E-state index contributed by atoms with van der Waals surface area (Å²) in [5, 5.41) is 5.64. The Bertz CT molecular complexity index is 445. The molecule has 0 saturated carbocycles. The fourth-order valence-electron chi connectivity index (χ4n) is 4.04. The van der Waals surface area contributed by atoms with Crippen molar-refractivity contribution in [2.24, 2.45) is 0 Å². The summed E-state index contributed by atoms with van der Waals surface area (Å²) in [7, 11) is 0. The molecule has 0 spiro atoms. The number of likely N-dealkylation sites (N-methyl/N-ethyl adjacent to an activating group) is 2. The summed E-state index contributed by atoms with van der Waals surface area (Å²) >= 11 is 0. The third-order valence-corrected chi connectivity index (χ3v) is 7.26. The van der Waals surface area contributed by atoms with E-state index in [1.807, 2.05) is 0 Å². The van der Waals surface area contributed by atoms with Crippen molar-refractivity contribution in [2.45, 2.75) is 67.2 Å². The molecule has 0 saturated heterocycles. The average Bonchev–Trinajstić information content (AvgIpc) is 2.82. The van der Waals surface area contributed by atoms with E-state index in [0.29, 0.717) is 26.3 Å². The Labute approximate surface area is 243 Å². The first-order valence-corrected chi connectivity index (χ1v) is 12.9. The highest BCUT2D eigenvalue weighted by Gasteiger charge is 2.21. The van der Waals surface area contributed by atoms with Gasteiger partial charge in [0.15, 0.2) is 0 Å². The lowest BCUT2D eigenvalue weighted by atomic mass is 10.2. The Morgan fingerprint density at radius 3 is 1.12 bits per heavy atom. The first-order valence-electron chi connectivity index (χ1n) is 12.9. The van der Waals surface area contributed by atoms with E-state index in [4.69, 9.17) is 9.47 Å². The van der Waals surface area contributed by atoms with Gasteiger partial charge in [-0.2, -0.15) is 0 Å². The molecule has 0 aromatic carbocycles. The maximum Gasteiger partial charge on any atom is 0.407 e. The van der Waals surface area contributed by atoms with Crippen molar-refractivity contribution in [1.82, 2.24) is 10.6 Å². The average molecular weight is 715 g/mol. The van der Waals surface area contributed by atoms with Gasteiger partial charge < -0.3 is 77.0 Å². The maximum absolute atomic E-state index is 11.8. The Balaban J connectivity index is -0.00000480. The van der Waals surface area contributed by atoms with Crippen molar-refractivity contribution >= 4 is 12.2 Å². The number of unbranched alkanes of at least 4 members (excludes halogenated alkanes) is 3. The van der Waals surface area contributed by atoms with E-state index in [2.05, 4.69) is 52.2 Å². The van der Waals surface area contributed by atoms with Crippen molar-refractivity contribution in [3.8, 4) is 0 Å². The molecule has 0 radical (unpaired) electrons. The van der Waals surface area contributed by atoms with Crippen molar-refractivity contribution in [2.75, 3.05) is 78.7 Å². The standard InChI is InChI=1S/C24H50N4O4.2HI/c1-7-27(8-2,9-3)19-21-31-23(29)25-17-15-13-14-16-18-26-24(30)32-22-20-28(10-4,11-5)12-6;;/h7-22H2,1-6H3;2*1H. The molecule has 0 aliphatic carbocycles. The minimum absolute atomic E-state index is 0. The molecule has 0 aromatic heterocycles. The third-order valence-electron chi connectivity index (χ3n) is 7.26. The molecular weight excluding hydrogens is 662 g/mol. The van der Waals surface area contributed by atoms with Crippen LogP contribution in [-0.2, 0) is 9.47 Å². The second-order valence-electron chi connectivity index (χ2n) is 8.57. The molecule has 34 heavy (non-hydrogen) atoms. The van der Waals surface area contributed by atoms with Crippen molar-refractivity contribution in [3.05, 3.63) is 0 Å². The molecular formula is C24H52I2N4O4. The van der Waals surface area contributed by atoms with Gasteiger partial charge in [0.1, 0.15) is 26.3 Å². The SMILES string of the molecule is CC[N+](CC)(CC)CCOC(=O)NCCCCCCNC(=O)OCC[N+](CC)(CC)CC.[I-].[I-]. The normalized spacial score (nSPS) is 11.1. The van der Waals surface area contributed by atoms with Gasteiger partial charge in [-0.05, 0) is 54.4 Å². The molecule has 0 aromatic rings. The van der Waals surface area contributed by atoms with E-state index in [1.54, 1.807) is 0 Å². The molecule has 0 rings (SSSR count). The minimum Gasteiger partial charge on any atom is -1.00 e. The topological polar surface area (TPSA) is 76.7 Å². The van der Waals surface area contributed by atoms with Crippen LogP contribution in [0.2, 0.25) is 0 Å². The molecule has 0 heterocycles. The monoisotopic (exact) mass is 714 g/mol. The summed E-state index contributed by atoms with van der Waals surface area (Å²) in [5.41, 5.74) is 0. The molecule has 0 unspecified atom stereocenters. The predicted molar refractivity (Wildman–Crippen MR) is 131 cm³/mol. The molecule has 2 N–H and O–H groups in total. The van der Waals surface area contributed by atoms with Crippen LogP contribution in [-0.4, -0.2) is 99.8 Å². The van der Waals surface area contributed by atoms with Crippen LogP contribution >= 0.6 is 0 Å². The number of hydrogen-bond donors (Lipinski definition) is 2. The third kappa shape index (κ3) is 16.6. The van der Waals surface area contributed by atoms with Crippen LogP contribution in [0, 0.1) is 0 Å². The van der Waals surface area contributed by atoms with E-state index in [1.165, 1.54) is 0 Å². The molecule has 0 atom stereocenters. The fraction of sp³-hybridized carbons (Fsp3) is 0.917. The zero-order chi connectivity index (χ0) is 24.3. The predicted octanol–water partition coefficient (Wildman–Crippen LogP) is -2.24. The minimum atomic E-state index is -0.326. The number of amides is 2. The number of rotatable bonds is 19. The Hall–Kier alpha value is -0.0800. The number of halogens is 2. The molecule has 0 fully saturated rings. The van der Waals surface area contributed by atoms with Crippen LogP contribution in [0.3, 0.4) is 0 Å². The lowest BCUT2D eigenvalue weighted by molar-refractivity contribution is -0.923. The highest BCUT2D eigenvalue weighted by molar-refractivity contribution is 5.67. The van der Waals surface area contributed by atoms with Crippen LogP contribution < -0.4 is 58.6 Å². The number of ether oxygens (including phenoxy) is 2. The number of carbonyl (C=O) groups excluding carboxylic acids is 2. The molecule has 8 nitrogen and oxygen atoms in total. The molecule has 0 aliphatic rings.